The summed E-state index contributed by atoms with van der Waals surface area (Å²) in [6.45, 7) is 0.310. The lowest BCUT2D eigenvalue weighted by Crippen LogP contribution is -2.31. The number of nitrogens with one attached hydrogen (secondary N) is 1. The number of rotatable bonds is 10. The summed E-state index contributed by atoms with van der Waals surface area (Å²) < 4.78 is 14.7. The van der Waals surface area contributed by atoms with E-state index in [1.807, 2.05) is 103 Å². The van der Waals surface area contributed by atoms with Crippen LogP contribution >= 0.6 is 11.8 Å². The molecule has 1 aliphatic rings. The van der Waals surface area contributed by atoms with E-state index in [1.165, 1.54) is 18.0 Å². The van der Waals surface area contributed by atoms with E-state index in [9.17, 15) is 9.90 Å². The Morgan fingerprint density at radius 3 is 2.38 bits per heavy atom. The molecule has 47 heavy (non-hydrogen) atoms. The van der Waals surface area contributed by atoms with E-state index in [-0.39, 0.29) is 30.4 Å². The Balaban J connectivity index is 1.04. The van der Waals surface area contributed by atoms with E-state index in [0.29, 0.717) is 29.4 Å². The lowest BCUT2D eigenvalue weighted by atomic mass is 10.0. The molecule has 4 aromatic carbocycles. The summed E-state index contributed by atoms with van der Waals surface area (Å²) in [5.41, 5.74) is 6.20. The number of thioether (sulfide) groups is 1. The van der Waals surface area contributed by atoms with Crippen LogP contribution in [-0.2, 0) is 22.6 Å². The van der Waals surface area contributed by atoms with E-state index in [4.69, 9.17) is 9.47 Å². The highest BCUT2D eigenvalue weighted by Crippen LogP contribution is 2.39. The highest BCUT2D eigenvalue weighted by atomic mass is 32.2. The molecule has 0 bridgehead atoms. The van der Waals surface area contributed by atoms with Crippen molar-refractivity contribution in [1.82, 2.24) is 35.5 Å². The van der Waals surface area contributed by atoms with Gasteiger partial charge in [0.15, 0.2) is 6.29 Å². The number of aliphatic hydroxyl groups excluding tert-OH is 1. The molecule has 0 saturated carbocycles. The van der Waals surface area contributed by atoms with Gasteiger partial charge < -0.3 is 19.9 Å². The normalized spacial score (nSPS) is 17.9. The number of fused-ring (bicyclic) bond motifs is 1. The van der Waals surface area contributed by atoms with Crippen LogP contribution in [-0.4, -0.2) is 53.0 Å². The molecule has 2 N–H and O–H groups in total. The Labute approximate surface area is 275 Å². The molecule has 1 fully saturated rings. The number of tetrazole rings is 1. The van der Waals surface area contributed by atoms with Crippen molar-refractivity contribution in [3.8, 4) is 5.69 Å². The molecule has 2 aromatic heterocycles. The fourth-order valence-electron chi connectivity index (χ4n) is 5.32. The number of aromatic nitrogens is 6. The minimum atomic E-state index is -0.612. The maximum Gasteiger partial charge on any atom is 0.271 e. The number of para-hydroxylation sites is 3. The maximum absolute atomic E-state index is 12.8. The van der Waals surface area contributed by atoms with E-state index < -0.39 is 6.29 Å². The predicted octanol–water partition coefficient (Wildman–Crippen LogP) is 5.37. The van der Waals surface area contributed by atoms with Gasteiger partial charge in [0, 0.05) is 24.3 Å². The summed E-state index contributed by atoms with van der Waals surface area (Å²) in [5.74, 6) is 0.319. The number of benzene rings is 4. The van der Waals surface area contributed by atoms with Crippen LogP contribution in [0.5, 0.6) is 0 Å². The first kappa shape index (κ1) is 30.6. The highest BCUT2D eigenvalue weighted by Gasteiger charge is 2.32. The van der Waals surface area contributed by atoms with E-state index in [1.54, 1.807) is 4.68 Å². The highest BCUT2D eigenvalue weighted by molar-refractivity contribution is 7.99. The smallest absolute Gasteiger partial charge is 0.271 e. The SMILES string of the molecule is O=C(NCc1ccc(C2OC(CSc3nnnn3-c3ccccc3)CC(c3ccc(CO)cc3)O2)cc1)c1cnc2ccccc2n1. The van der Waals surface area contributed by atoms with Gasteiger partial charge in [0.25, 0.3) is 5.91 Å². The summed E-state index contributed by atoms with van der Waals surface area (Å²) in [4.78, 5) is 21.6. The molecule has 12 heteroatoms. The number of aliphatic hydroxyl groups is 1. The molecule has 0 aliphatic carbocycles. The van der Waals surface area contributed by atoms with Gasteiger partial charge in [-0.15, -0.1) is 5.10 Å². The number of hydrogen-bond acceptors (Lipinski definition) is 10. The van der Waals surface area contributed by atoms with Crippen LogP contribution in [0.3, 0.4) is 0 Å². The van der Waals surface area contributed by atoms with Crippen molar-refractivity contribution in [3.05, 3.63) is 137 Å². The molecular weight excluding hydrogens is 614 g/mol. The summed E-state index contributed by atoms with van der Waals surface area (Å²) in [6.07, 6.45) is 1.13. The third kappa shape index (κ3) is 7.21. The van der Waals surface area contributed by atoms with Gasteiger partial charge in [-0.2, -0.15) is 4.68 Å². The van der Waals surface area contributed by atoms with Crippen LogP contribution in [0, 0.1) is 0 Å². The number of hydrogen-bond donors (Lipinski definition) is 2. The van der Waals surface area contributed by atoms with Gasteiger partial charge in [0.1, 0.15) is 5.69 Å². The Hall–Kier alpha value is -5.01. The van der Waals surface area contributed by atoms with Gasteiger partial charge in [0.05, 0.1) is 41.7 Å². The lowest BCUT2D eigenvalue weighted by molar-refractivity contribution is -0.245. The zero-order chi connectivity index (χ0) is 32.0. The predicted molar refractivity (Wildman–Crippen MR) is 175 cm³/mol. The van der Waals surface area contributed by atoms with Gasteiger partial charge >= 0.3 is 0 Å². The molecule has 11 nitrogen and oxygen atoms in total. The molecule has 0 radical (unpaired) electrons. The van der Waals surface area contributed by atoms with Gasteiger partial charge in [-0.1, -0.05) is 90.6 Å². The molecule has 7 rings (SSSR count). The van der Waals surface area contributed by atoms with Crippen molar-refractivity contribution in [2.45, 2.75) is 43.2 Å². The number of carbonyl (C=O) groups excluding carboxylic acids is 1. The summed E-state index contributed by atoms with van der Waals surface area (Å²) in [7, 11) is 0. The number of nitrogens with zero attached hydrogens (tertiary/aromatic N) is 6. The minimum Gasteiger partial charge on any atom is -0.392 e. The first-order chi connectivity index (χ1) is 23.1. The summed E-state index contributed by atoms with van der Waals surface area (Å²) in [6, 6.07) is 32.8. The second kappa shape index (κ2) is 14.2. The summed E-state index contributed by atoms with van der Waals surface area (Å²) in [5, 5.41) is 25.4. The number of carbonyl (C=O) groups is 1. The summed E-state index contributed by atoms with van der Waals surface area (Å²) >= 11 is 1.53. The van der Waals surface area contributed by atoms with Gasteiger partial charge in [-0.05, 0) is 51.4 Å². The van der Waals surface area contributed by atoms with Crippen LogP contribution in [0.4, 0.5) is 0 Å². The van der Waals surface area contributed by atoms with Crippen molar-refractivity contribution < 1.29 is 19.4 Å². The van der Waals surface area contributed by atoms with Crippen LogP contribution in [0.25, 0.3) is 16.7 Å². The minimum absolute atomic E-state index is 0.0185. The van der Waals surface area contributed by atoms with Gasteiger partial charge in [0.2, 0.25) is 5.16 Å². The van der Waals surface area contributed by atoms with E-state index in [2.05, 4.69) is 30.8 Å². The molecule has 3 unspecified atom stereocenters. The van der Waals surface area contributed by atoms with Crippen LogP contribution < -0.4 is 5.32 Å². The third-order valence-corrected chi connectivity index (χ3v) is 8.89. The molecule has 3 heterocycles. The van der Waals surface area contributed by atoms with Crippen molar-refractivity contribution in [3.63, 3.8) is 0 Å². The average Bonchev–Trinajstić information content (AvgIpc) is 3.62. The molecule has 1 amide bonds. The number of amides is 1. The maximum atomic E-state index is 12.8. The lowest BCUT2D eigenvalue weighted by Gasteiger charge is -2.36. The first-order valence-electron chi connectivity index (χ1n) is 15.2. The standard InChI is InChI=1S/C35H31N7O4S/c43-21-24-12-14-25(15-13-24)32-18-28(22-47-35-39-40-41-42(35)27-6-2-1-3-7-27)45-34(46-32)26-16-10-23(11-17-26)19-37-33(44)31-20-36-29-8-4-5-9-30(29)38-31/h1-17,20,28,32,34,43H,18-19,21-22H2,(H,37,44). The topological polar surface area (TPSA) is 137 Å². The average molecular weight is 646 g/mol. The molecule has 3 atom stereocenters. The molecule has 0 spiro atoms. The Morgan fingerprint density at radius 1 is 0.872 bits per heavy atom. The van der Waals surface area contributed by atoms with Gasteiger partial charge in [-0.25, -0.2) is 4.98 Å². The zero-order valence-corrected chi connectivity index (χ0v) is 26.0. The van der Waals surface area contributed by atoms with Crippen LogP contribution in [0.1, 0.15) is 51.6 Å². The zero-order valence-electron chi connectivity index (χ0n) is 25.2. The Bertz CT molecular complexity index is 1960. The van der Waals surface area contributed by atoms with Gasteiger partial charge in [-0.3, -0.25) is 9.78 Å². The van der Waals surface area contributed by atoms with Crippen LogP contribution in [0.2, 0.25) is 0 Å². The van der Waals surface area contributed by atoms with E-state index in [0.717, 1.165) is 33.5 Å². The molecule has 1 aliphatic heterocycles. The Kier molecular flexibility index (Phi) is 9.24. The Morgan fingerprint density at radius 2 is 1.60 bits per heavy atom. The monoisotopic (exact) mass is 645 g/mol. The second-order valence-electron chi connectivity index (χ2n) is 11.0. The van der Waals surface area contributed by atoms with Crippen LogP contribution in [0.15, 0.2) is 114 Å². The van der Waals surface area contributed by atoms with Crippen molar-refractivity contribution in [2.75, 3.05) is 5.75 Å². The van der Waals surface area contributed by atoms with Crippen molar-refractivity contribution in [2.24, 2.45) is 0 Å². The largest absolute Gasteiger partial charge is 0.392 e. The second-order valence-corrected chi connectivity index (χ2v) is 12.0. The quantitative estimate of drug-likeness (QED) is 0.187. The third-order valence-electron chi connectivity index (χ3n) is 7.84. The first-order valence-corrected chi connectivity index (χ1v) is 16.2. The molecule has 236 valence electrons. The van der Waals surface area contributed by atoms with Crippen molar-refractivity contribution in [1.29, 1.82) is 0 Å². The fraction of sp³-hybridized carbons (Fsp3) is 0.200. The molecule has 1 saturated heterocycles. The number of ether oxygens (including phenoxy) is 2. The molecular formula is C35H31N7O4S. The van der Waals surface area contributed by atoms with E-state index >= 15 is 0 Å². The van der Waals surface area contributed by atoms with Crippen molar-refractivity contribution >= 4 is 28.7 Å². The fourth-order valence-corrected chi connectivity index (χ4v) is 6.23. The molecule has 6 aromatic rings.